The lowest BCUT2D eigenvalue weighted by atomic mass is 10.0. The van der Waals surface area contributed by atoms with Crippen LogP contribution in [0.2, 0.25) is 0 Å². The van der Waals surface area contributed by atoms with E-state index in [-0.39, 0.29) is 11.3 Å². The van der Waals surface area contributed by atoms with E-state index in [0.717, 1.165) is 10.6 Å². The van der Waals surface area contributed by atoms with Gasteiger partial charge in [0.2, 0.25) is 0 Å². The number of hydrogen-bond acceptors (Lipinski definition) is 6. The van der Waals surface area contributed by atoms with Gasteiger partial charge in [0.25, 0.3) is 11.8 Å². The molecule has 0 unspecified atom stereocenters. The van der Waals surface area contributed by atoms with E-state index in [0.29, 0.717) is 35.0 Å². The van der Waals surface area contributed by atoms with Crippen molar-refractivity contribution in [3.05, 3.63) is 84.1 Å². The van der Waals surface area contributed by atoms with Gasteiger partial charge >= 0.3 is 0 Å². The second-order valence-corrected chi connectivity index (χ2v) is 7.20. The third kappa shape index (κ3) is 4.39. The molecule has 3 aromatic rings. The Morgan fingerprint density at radius 1 is 0.727 bits per heavy atom. The Bertz CT molecular complexity index is 1180. The molecule has 33 heavy (non-hydrogen) atoms. The van der Waals surface area contributed by atoms with E-state index >= 15 is 0 Å². The molecule has 0 bridgehead atoms. The highest BCUT2D eigenvalue weighted by Crippen LogP contribution is 2.35. The first-order valence-corrected chi connectivity index (χ1v) is 10.5. The largest absolute Gasteiger partial charge is 0.497 e. The highest BCUT2D eigenvalue weighted by atomic mass is 16.5. The molecule has 0 saturated carbocycles. The molecule has 7 heteroatoms. The summed E-state index contributed by atoms with van der Waals surface area (Å²) < 4.78 is 15.9. The summed E-state index contributed by atoms with van der Waals surface area (Å²) in [5, 5.41) is 3.15. The number of ether oxygens (including phenoxy) is 3. The molecule has 1 aliphatic heterocycles. The standard InChI is InChI=1S/C26H24N2O5/c1-4-33-22-13-7-18(8-14-22)27-24-23(17-5-11-20(31-2)12-6-17)25(29)28(26(24)30)19-9-15-21(32-3)16-10-19/h5-16,27H,4H2,1-3H3. The van der Waals surface area contributed by atoms with Crippen molar-refractivity contribution in [3.8, 4) is 17.2 Å². The lowest BCUT2D eigenvalue weighted by Gasteiger charge is -2.16. The van der Waals surface area contributed by atoms with E-state index in [9.17, 15) is 9.59 Å². The normalized spacial score (nSPS) is 13.4. The maximum absolute atomic E-state index is 13.5. The molecule has 0 saturated heterocycles. The minimum absolute atomic E-state index is 0.199. The molecule has 3 aromatic carbocycles. The number of rotatable bonds is 8. The number of carbonyl (C=O) groups is 2. The average Bonchev–Trinajstić information content (AvgIpc) is 3.09. The molecule has 7 nitrogen and oxygen atoms in total. The van der Waals surface area contributed by atoms with Gasteiger partial charge in [-0.3, -0.25) is 9.59 Å². The minimum Gasteiger partial charge on any atom is -0.497 e. The number of anilines is 2. The van der Waals surface area contributed by atoms with Gasteiger partial charge in [-0.25, -0.2) is 4.90 Å². The molecular formula is C26H24N2O5. The summed E-state index contributed by atoms with van der Waals surface area (Å²) in [4.78, 5) is 28.1. The highest BCUT2D eigenvalue weighted by molar-refractivity contribution is 6.46. The lowest BCUT2D eigenvalue weighted by Crippen LogP contribution is -2.32. The van der Waals surface area contributed by atoms with Crippen LogP contribution in [0.4, 0.5) is 11.4 Å². The molecule has 0 atom stereocenters. The number of nitrogens with one attached hydrogen (secondary N) is 1. The van der Waals surface area contributed by atoms with Gasteiger partial charge in [-0.1, -0.05) is 12.1 Å². The fraction of sp³-hybridized carbons (Fsp3) is 0.154. The minimum atomic E-state index is -0.440. The topological polar surface area (TPSA) is 77.1 Å². The van der Waals surface area contributed by atoms with Crippen molar-refractivity contribution in [2.24, 2.45) is 0 Å². The van der Waals surface area contributed by atoms with Crippen LogP contribution in [0.25, 0.3) is 5.57 Å². The SMILES string of the molecule is CCOc1ccc(NC2=C(c3ccc(OC)cc3)C(=O)N(c3ccc(OC)cc3)C2=O)cc1. The van der Waals surface area contributed by atoms with Crippen molar-refractivity contribution in [2.45, 2.75) is 6.92 Å². The Balaban J connectivity index is 1.74. The molecule has 2 amide bonds. The van der Waals surface area contributed by atoms with E-state index < -0.39 is 11.8 Å². The fourth-order valence-electron chi connectivity index (χ4n) is 3.58. The number of amides is 2. The van der Waals surface area contributed by atoms with Crippen LogP contribution in [0.3, 0.4) is 0 Å². The molecular weight excluding hydrogens is 420 g/mol. The molecule has 0 aliphatic carbocycles. The number of hydrogen-bond donors (Lipinski definition) is 1. The van der Waals surface area contributed by atoms with Gasteiger partial charge in [-0.05, 0) is 73.2 Å². The van der Waals surface area contributed by atoms with Crippen LogP contribution in [0.15, 0.2) is 78.5 Å². The van der Waals surface area contributed by atoms with E-state index in [4.69, 9.17) is 14.2 Å². The van der Waals surface area contributed by atoms with Crippen molar-refractivity contribution in [3.63, 3.8) is 0 Å². The summed E-state index contributed by atoms with van der Waals surface area (Å²) >= 11 is 0. The van der Waals surface area contributed by atoms with Crippen LogP contribution in [0, 0.1) is 0 Å². The summed E-state index contributed by atoms with van der Waals surface area (Å²) in [5.41, 5.74) is 2.22. The van der Waals surface area contributed by atoms with Gasteiger partial charge in [-0.15, -0.1) is 0 Å². The van der Waals surface area contributed by atoms with Gasteiger partial charge < -0.3 is 19.5 Å². The second kappa shape index (κ2) is 9.48. The third-order valence-electron chi connectivity index (χ3n) is 5.23. The zero-order chi connectivity index (χ0) is 23.4. The van der Waals surface area contributed by atoms with Crippen LogP contribution in [-0.4, -0.2) is 32.6 Å². The second-order valence-electron chi connectivity index (χ2n) is 7.20. The quantitative estimate of drug-likeness (QED) is 0.516. The summed E-state index contributed by atoms with van der Waals surface area (Å²) in [5.74, 6) is 1.16. The molecule has 4 rings (SSSR count). The Kier molecular flexibility index (Phi) is 6.31. The number of carbonyl (C=O) groups excluding carboxylic acids is 2. The van der Waals surface area contributed by atoms with Crippen molar-refractivity contribution >= 4 is 28.8 Å². The predicted octanol–water partition coefficient (Wildman–Crippen LogP) is 4.50. The molecule has 1 heterocycles. The predicted molar refractivity (Wildman–Crippen MR) is 127 cm³/mol. The first-order chi connectivity index (χ1) is 16.0. The molecule has 0 fully saturated rings. The van der Waals surface area contributed by atoms with Gasteiger partial charge in [0, 0.05) is 5.69 Å². The Morgan fingerprint density at radius 2 is 1.27 bits per heavy atom. The monoisotopic (exact) mass is 444 g/mol. The van der Waals surface area contributed by atoms with Crippen molar-refractivity contribution in [2.75, 3.05) is 31.0 Å². The molecule has 0 aromatic heterocycles. The van der Waals surface area contributed by atoms with E-state index in [1.54, 1.807) is 74.9 Å². The Hall–Kier alpha value is -4.26. The average molecular weight is 444 g/mol. The summed E-state index contributed by atoms with van der Waals surface area (Å²) in [6, 6.07) is 21.0. The molecule has 1 N–H and O–H groups in total. The van der Waals surface area contributed by atoms with Gasteiger partial charge in [0.1, 0.15) is 22.9 Å². The summed E-state index contributed by atoms with van der Waals surface area (Å²) in [6.45, 7) is 2.47. The number of methoxy groups -OCH3 is 2. The first kappa shape index (κ1) is 22.0. The van der Waals surface area contributed by atoms with E-state index in [2.05, 4.69) is 5.32 Å². The van der Waals surface area contributed by atoms with Crippen LogP contribution in [-0.2, 0) is 9.59 Å². The number of imide groups is 1. The summed E-state index contributed by atoms with van der Waals surface area (Å²) in [6.07, 6.45) is 0. The lowest BCUT2D eigenvalue weighted by molar-refractivity contribution is -0.120. The molecule has 0 radical (unpaired) electrons. The number of nitrogens with zero attached hydrogens (tertiary/aromatic N) is 1. The van der Waals surface area contributed by atoms with E-state index in [1.165, 1.54) is 0 Å². The smallest absolute Gasteiger partial charge is 0.282 e. The zero-order valence-electron chi connectivity index (χ0n) is 18.6. The highest BCUT2D eigenvalue weighted by Gasteiger charge is 2.40. The van der Waals surface area contributed by atoms with Crippen LogP contribution >= 0.6 is 0 Å². The summed E-state index contributed by atoms with van der Waals surface area (Å²) in [7, 11) is 3.13. The fourth-order valence-corrected chi connectivity index (χ4v) is 3.58. The molecule has 1 aliphatic rings. The Labute approximate surface area is 192 Å². The van der Waals surface area contributed by atoms with Crippen molar-refractivity contribution < 1.29 is 23.8 Å². The maximum Gasteiger partial charge on any atom is 0.282 e. The third-order valence-corrected chi connectivity index (χ3v) is 5.23. The van der Waals surface area contributed by atoms with Gasteiger partial charge in [0.05, 0.1) is 32.1 Å². The molecule has 0 spiro atoms. The maximum atomic E-state index is 13.5. The van der Waals surface area contributed by atoms with Crippen LogP contribution in [0.1, 0.15) is 12.5 Å². The zero-order valence-corrected chi connectivity index (χ0v) is 18.6. The molecule has 168 valence electrons. The van der Waals surface area contributed by atoms with Gasteiger partial charge in [-0.2, -0.15) is 0 Å². The van der Waals surface area contributed by atoms with Crippen molar-refractivity contribution in [1.29, 1.82) is 0 Å². The number of benzene rings is 3. The first-order valence-electron chi connectivity index (χ1n) is 10.5. The van der Waals surface area contributed by atoms with E-state index in [1.807, 2.05) is 19.1 Å². The van der Waals surface area contributed by atoms with Crippen LogP contribution < -0.4 is 24.4 Å². The Morgan fingerprint density at radius 3 is 1.82 bits per heavy atom. The van der Waals surface area contributed by atoms with Crippen LogP contribution in [0.5, 0.6) is 17.2 Å². The van der Waals surface area contributed by atoms with Gasteiger partial charge in [0.15, 0.2) is 0 Å². The van der Waals surface area contributed by atoms with Crippen molar-refractivity contribution in [1.82, 2.24) is 0 Å².